The van der Waals surface area contributed by atoms with Gasteiger partial charge in [-0.25, -0.2) is 0 Å². The first-order valence-electron chi connectivity index (χ1n) is 10.4. The average molecular weight is 400 g/mol. The van der Waals surface area contributed by atoms with Crippen molar-refractivity contribution >= 4 is 33.2 Å². The third kappa shape index (κ3) is 4.55. The van der Waals surface area contributed by atoms with Crippen molar-refractivity contribution in [1.29, 1.82) is 0 Å². The van der Waals surface area contributed by atoms with Crippen LogP contribution in [0.2, 0.25) is 0 Å². The molecule has 0 radical (unpaired) electrons. The summed E-state index contributed by atoms with van der Waals surface area (Å²) in [6.45, 7) is 5.43. The summed E-state index contributed by atoms with van der Waals surface area (Å²) in [5, 5.41) is 3.56. The first-order chi connectivity index (χ1) is 13.7. The molecule has 0 bridgehead atoms. The van der Waals surface area contributed by atoms with Crippen LogP contribution in [0.3, 0.4) is 0 Å². The molecule has 5 nitrogen and oxygen atoms in total. The zero-order chi connectivity index (χ0) is 19.3. The van der Waals surface area contributed by atoms with Crippen molar-refractivity contribution in [1.82, 2.24) is 14.7 Å². The first kappa shape index (κ1) is 19.4. The van der Waals surface area contributed by atoms with Crippen molar-refractivity contribution in [2.45, 2.75) is 32.1 Å². The zero-order valence-electron chi connectivity index (χ0n) is 16.4. The molecule has 0 saturated carbocycles. The molecule has 0 spiro atoms. The number of hydrogen-bond donors (Lipinski definition) is 0. The zero-order valence-corrected chi connectivity index (χ0v) is 17.3. The molecule has 1 aromatic heterocycles. The third-order valence-electron chi connectivity index (χ3n) is 5.94. The fraction of sp³-hybridized carbons (Fsp3) is 0.545. The van der Waals surface area contributed by atoms with Gasteiger partial charge in [0.2, 0.25) is 11.8 Å². The maximum atomic E-state index is 12.6. The van der Waals surface area contributed by atoms with Crippen LogP contribution in [0, 0.1) is 0 Å². The van der Waals surface area contributed by atoms with E-state index in [1.54, 1.807) is 11.3 Å². The topological polar surface area (TPSA) is 43.9 Å². The summed E-state index contributed by atoms with van der Waals surface area (Å²) < 4.78 is 1.32. The Morgan fingerprint density at radius 3 is 2.39 bits per heavy atom. The molecule has 4 rings (SSSR count). The normalized spacial score (nSPS) is 18.1. The second-order valence-electron chi connectivity index (χ2n) is 7.86. The number of aryl methyl sites for hydroxylation is 1. The van der Waals surface area contributed by atoms with Crippen LogP contribution in [0.5, 0.6) is 0 Å². The minimum Gasteiger partial charge on any atom is -0.342 e. The van der Waals surface area contributed by atoms with Gasteiger partial charge in [0.25, 0.3) is 0 Å². The van der Waals surface area contributed by atoms with Gasteiger partial charge in [0.05, 0.1) is 6.54 Å². The number of thiophene rings is 1. The van der Waals surface area contributed by atoms with Crippen LogP contribution in [0.25, 0.3) is 10.1 Å². The molecule has 2 aliphatic heterocycles. The third-order valence-corrected chi connectivity index (χ3v) is 6.95. The lowest BCUT2D eigenvalue weighted by molar-refractivity contribution is -0.134. The van der Waals surface area contributed by atoms with Crippen LogP contribution in [-0.4, -0.2) is 72.3 Å². The maximum absolute atomic E-state index is 12.6. The summed E-state index contributed by atoms with van der Waals surface area (Å²) in [5.74, 6) is 0.505. The van der Waals surface area contributed by atoms with Crippen molar-refractivity contribution in [2.24, 2.45) is 0 Å². The second-order valence-corrected chi connectivity index (χ2v) is 8.77. The summed E-state index contributed by atoms with van der Waals surface area (Å²) in [4.78, 5) is 31.0. The van der Waals surface area contributed by atoms with Gasteiger partial charge >= 0.3 is 0 Å². The molecule has 6 heteroatoms. The molecule has 0 N–H and O–H groups in total. The van der Waals surface area contributed by atoms with Gasteiger partial charge < -0.3 is 9.80 Å². The summed E-state index contributed by atoms with van der Waals surface area (Å²) in [7, 11) is 0. The Balaban J connectivity index is 1.18. The Morgan fingerprint density at radius 2 is 1.61 bits per heavy atom. The molecule has 0 unspecified atom stereocenters. The highest BCUT2D eigenvalue weighted by atomic mass is 32.1. The van der Waals surface area contributed by atoms with E-state index in [4.69, 9.17) is 0 Å². The summed E-state index contributed by atoms with van der Waals surface area (Å²) in [6, 6.07) is 8.48. The molecular weight excluding hydrogens is 370 g/mol. The van der Waals surface area contributed by atoms with Crippen LogP contribution < -0.4 is 0 Å². The minimum absolute atomic E-state index is 0.250. The van der Waals surface area contributed by atoms with Gasteiger partial charge in [0.1, 0.15) is 0 Å². The maximum Gasteiger partial charge on any atom is 0.236 e. The Morgan fingerprint density at radius 1 is 0.893 bits per heavy atom. The molecule has 2 fully saturated rings. The highest BCUT2D eigenvalue weighted by Gasteiger charge is 2.25. The van der Waals surface area contributed by atoms with Crippen molar-refractivity contribution in [3.05, 3.63) is 35.2 Å². The van der Waals surface area contributed by atoms with Crippen LogP contribution in [0.15, 0.2) is 29.6 Å². The Hall–Kier alpha value is -1.92. The number of likely N-dealkylation sites (tertiary alicyclic amines) is 1. The molecule has 1 aromatic carbocycles. The molecule has 2 amide bonds. The summed E-state index contributed by atoms with van der Waals surface area (Å²) in [6.07, 6.45) is 4.73. The van der Waals surface area contributed by atoms with Crippen molar-refractivity contribution in [2.75, 3.05) is 45.8 Å². The molecule has 150 valence electrons. The van der Waals surface area contributed by atoms with Crippen molar-refractivity contribution < 1.29 is 9.59 Å². The molecule has 2 aromatic rings. The summed E-state index contributed by atoms with van der Waals surface area (Å²) >= 11 is 1.78. The lowest BCUT2D eigenvalue weighted by Crippen LogP contribution is -2.51. The lowest BCUT2D eigenvalue weighted by atomic mass is 10.1. The Kier molecular flexibility index (Phi) is 6.27. The van der Waals surface area contributed by atoms with E-state index >= 15 is 0 Å². The van der Waals surface area contributed by atoms with E-state index < -0.39 is 0 Å². The lowest BCUT2D eigenvalue weighted by Gasteiger charge is -2.35. The fourth-order valence-corrected chi connectivity index (χ4v) is 5.23. The number of rotatable bonds is 6. The van der Waals surface area contributed by atoms with Gasteiger partial charge in [-0.3, -0.25) is 14.5 Å². The minimum atomic E-state index is 0.250. The van der Waals surface area contributed by atoms with E-state index in [2.05, 4.69) is 34.5 Å². The Bertz CT molecular complexity index is 820. The molecule has 28 heavy (non-hydrogen) atoms. The Labute approximate surface area is 170 Å². The average Bonchev–Trinajstić information content (AvgIpc) is 3.39. The largest absolute Gasteiger partial charge is 0.342 e. The van der Waals surface area contributed by atoms with Gasteiger partial charge in [0, 0.05) is 50.4 Å². The molecule has 0 aliphatic carbocycles. The molecule has 2 aliphatic rings. The van der Waals surface area contributed by atoms with E-state index in [1.807, 2.05) is 9.80 Å². The van der Waals surface area contributed by atoms with Crippen LogP contribution in [0.4, 0.5) is 0 Å². The fourth-order valence-electron chi connectivity index (χ4n) is 4.23. The number of carbonyl (C=O) groups excluding carboxylic acids is 2. The van der Waals surface area contributed by atoms with Crippen LogP contribution in [0.1, 0.15) is 31.2 Å². The highest BCUT2D eigenvalue weighted by molar-refractivity contribution is 7.17. The number of piperazine rings is 1. The first-order valence-corrected chi connectivity index (χ1v) is 11.3. The standard InChI is InChI=1S/C22H29N3O2S/c26-21(9-5-6-18-17-28-20-8-2-1-7-19(18)20)25-14-12-23(13-15-25)16-22(27)24-10-3-4-11-24/h1-2,7-8,17H,3-6,9-16H2. The summed E-state index contributed by atoms with van der Waals surface area (Å²) in [5.41, 5.74) is 1.36. The van der Waals surface area contributed by atoms with E-state index in [-0.39, 0.29) is 11.8 Å². The monoisotopic (exact) mass is 399 g/mol. The van der Waals surface area contributed by atoms with Gasteiger partial charge in [-0.05, 0) is 48.1 Å². The predicted molar refractivity (Wildman–Crippen MR) is 114 cm³/mol. The van der Waals surface area contributed by atoms with Crippen molar-refractivity contribution in [3.8, 4) is 0 Å². The molecule has 0 atom stereocenters. The van der Waals surface area contributed by atoms with Crippen LogP contribution in [-0.2, 0) is 16.0 Å². The van der Waals surface area contributed by atoms with Crippen molar-refractivity contribution in [3.63, 3.8) is 0 Å². The highest BCUT2D eigenvalue weighted by Crippen LogP contribution is 2.26. The number of hydrogen-bond acceptors (Lipinski definition) is 4. The number of benzene rings is 1. The second kappa shape index (κ2) is 9.05. The van der Waals surface area contributed by atoms with Gasteiger partial charge in [-0.2, -0.15) is 0 Å². The molecular formula is C22H29N3O2S. The predicted octanol–water partition coefficient (Wildman–Crippen LogP) is 2.99. The number of fused-ring (bicyclic) bond motifs is 1. The van der Waals surface area contributed by atoms with E-state index in [9.17, 15) is 9.59 Å². The van der Waals surface area contributed by atoms with Gasteiger partial charge in [0.15, 0.2) is 0 Å². The molecule has 3 heterocycles. The van der Waals surface area contributed by atoms with E-state index in [1.165, 1.54) is 15.6 Å². The number of amides is 2. The number of carbonyl (C=O) groups is 2. The number of nitrogens with zero attached hydrogens (tertiary/aromatic N) is 3. The molecule has 2 saturated heterocycles. The van der Waals surface area contributed by atoms with Gasteiger partial charge in [-0.15, -0.1) is 11.3 Å². The smallest absolute Gasteiger partial charge is 0.236 e. The van der Waals surface area contributed by atoms with Gasteiger partial charge in [-0.1, -0.05) is 18.2 Å². The SMILES string of the molecule is O=C(CCCc1csc2ccccc12)N1CCN(CC(=O)N2CCCC2)CC1. The van der Waals surface area contributed by atoms with Crippen LogP contribution >= 0.6 is 11.3 Å². The van der Waals surface area contributed by atoms with E-state index in [0.717, 1.165) is 65.0 Å². The van der Waals surface area contributed by atoms with E-state index in [0.29, 0.717) is 13.0 Å². The quantitative estimate of drug-likeness (QED) is 0.750.